The van der Waals surface area contributed by atoms with E-state index in [1.807, 2.05) is 0 Å². The van der Waals surface area contributed by atoms with Crippen LogP contribution in [0.15, 0.2) is 47.4 Å². The van der Waals surface area contributed by atoms with Crippen molar-refractivity contribution in [2.75, 3.05) is 7.11 Å². The van der Waals surface area contributed by atoms with Gasteiger partial charge < -0.3 is 10.5 Å². The van der Waals surface area contributed by atoms with E-state index in [0.717, 1.165) is 11.6 Å². The van der Waals surface area contributed by atoms with Crippen LogP contribution in [-0.4, -0.2) is 15.5 Å². The molecule has 0 aliphatic rings. The molecule has 0 atom stereocenters. The Labute approximate surface area is 123 Å². The Bertz CT molecular complexity index is 744. The molecule has 0 aliphatic heterocycles. The number of methoxy groups -OCH3 is 1. The largest absolute Gasteiger partial charge is 0.496 e. The number of ether oxygens (including phenoxy) is 1. The van der Waals surface area contributed by atoms with E-state index in [1.54, 1.807) is 18.2 Å². The zero-order valence-electron chi connectivity index (χ0n) is 11.5. The molecule has 0 aliphatic carbocycles. The van der Waals surface area contributed by atoms with Crippen LogP contribution in [0.2, 0.25) is 0 Å². The molecule has 0 unspecified atom stereocenters. The number of nitrogens with two attached hydrogens (primary N) is 1. The van der Waals surface area contributed by atoms with Crippen molar-refractivity contribution in [1.29, 1.82) is 0 Å². The maximum absolute atomic E-state index is 13.6. The highest BCUT2D eigenvalue weighted by molar-refractivity contribution is 7.90. The third-order valence-electron chi connectivity index (χ3n) is 3.10. The predicted molar refractivity (Wildman–Crippen MR) is 78.2 cm³/mol. The van der Waals surface area contributed by atoms with Crippen LogP contribution in [0.4, 0.5) is 4.39 Å². The number of hydrogen-bond acceptors (Lipinski definition) is 4. The minimum Gasteiger partial charge on any atom is -0.496 e. The van der Waals surface area contributed by atoms with Gasteiger partial charge in [-0.3, -0.25) is 0 Å². The summed E-state index contributed by atoms with van der Waals surface area (Å²) >= 11 is 0. The van der Waals surface area contributed by atoms with Gasteiger partial charge in [0.1, 0.15) is 16.5 Å². The van der Waals surface area contributed by atoms with Crippen molar-refractivity contribution in [3.8, 4) is 5.75 Å². The minimum atomic E-state index is -3.75. The van der Waals surface area contributed by atoms with Gasteiger partial charge in [-0.25, -0.2) is 12.8 Å². The maximum atomic E-state index is 13.6. The number of sulfone groups is 1. The first-order valence-electron chi connectivity index (χ1n) is 6.31. The number of benzene rings is 2. The molecule has 0 saturated carbocycles. The maximum Gasteiger partial charge on any atom is 0.185 e. The van der Waals surface area contributed by atoms with Gasteiger partial charge in [0, 0.05) is 12.1 Å². The van der Waals surface area contributed by atoms with Gasteiger partial charge in [-0.05, 0) is 23.8 Å². The average molecular weight is 309 g/mol. The second-order valence-electron chi connectivity index (χ2n) is 4.54. The molecule has 0 fully saturated rings. The van der Waals surface area contributed by atoms with Gasteiger partial charge >= 0.3 is 0 Å². The van der Waals surface area contributed by atoms with E-state index in [9.17, 15) is 12.8 Å². The van der Waals surface area contributed by atoms with Crippen LogP contribution in [0.1, 0.15) is 11.1 Å². The van der Waals surface area contributed by atoms with Crippen molar-refractivity contribution in [3.63, 3.8) is 0 Å². The topological polar surface area (TPSA) is 69.4 Å². The van der Waals surface area contributed by atoms with E-state index in [-0.39, 0.29) is 10.6 Å². The lowest BCUT2D eigenvalue weighted by molar-refractivity contribution is 0.409. The van der Waals surface area contributed by atoms with Crippen LogP contribution in [0, 0.1) is 5.82 Å². The molecule has 21 heavy (non-hydrogen) atoms. The first-order valence-corrected chi connectivity index (χ1v) is 7.96. The Morgan fingerprint density at radius 3 is 2.52 bits per heavy atom. The lowest BCUT2D eigenvalue weighted by atomic mass is 10.1. The van der Waals surface area contributed by atoms with Crippen molar-refractivity contribution in [1.82, 2.24) is 0 Å². The highest BCUT2D eigenvalue weighted by atomic mass is 32.2. The Balaban J connectivity index is 2.35. The fourth-order valence-corrected chi connectivity index (χ4v) is 3.47. The van der Waals surface area contributed by atoms with Gasteiger partial charge in [0.2, 0.25) is 0 Å². The summed E-state index contributed by atoms with van der Waals surface area (Å²) in [6.07, 6.45) is 0. The van der Waals surface area contributed by atoms with Crippen molar-refractivity contribution in [3.05, 3.63) is 59.4 Å². The van der Waals surface area contributed by atoms with Gasteiger partial charge in [-0.2, -0.15) is 0 Å². The molecule has 112 valence electrons. The smallest absolute Gasteiger partial charge is 0.185 e. The van der Waals surface area contributed by atoms with E-state index in [2.05, 4.69) is 0 Å². The summed E-state index contributed by atoms with van der Waals surface area (Å²) < 4.78 is 43.3. The Morgan fingerprint density at radius 1 is 1.19 bits per heavy atom. The molecule has 0 bridgehead atoms. The summed E-state index contributed by atoms with van der Waals surface area (Å²) in [5.74, 6) is -0.517. The first-order chi connectivity index (χ1) is 9.97. The first kappa shape index (κ1) is 15.5. The van der Waals surface area contributed by atoms with E-state index in [4.69, 9.17) is 10.5 Å². The van der Waals surface area contributed by atoms with E-state index < -0.39 is 15.7 Å². The van der Waals surface area contributed by atoms with Crippen molar-refractivity contribution >= 4 is 9.84 Å². The van der Waals surface area contributed by atoms with Gasteiger partial charge in [-0.1, -0.05) is 24.3 Å². The fraction of sp³-hybridized carbons (Fsp3) is 0.200. The Hall–Kier alpha value is -1.92. The molecule has 0 heterocycles. The van der Waals surface area contributed by atoms with Crippen molar-refractivity contribution in [2.24, 2.45) is 5.73 Å². The van der Waals surface area contributed by atoms with Crippen LogP contribution < -0.4 is 10.5 Å². The zero-order chi connectivity index (χ0) is 15.5. The Morgan fingerprint density at radius 2 is 1.90 bits per heavy atom. The van der Waals surface area contributed by atoms with Crippen molar-refractivity contribution in [2.45, 2.75) is 17.2 Å². The number of rotatable bonds is 5. The minimum absolute atomic E-state index is 0.295. The highest BCUT2D eigenvalue weighted by Gasteiger charge is 2.19. The van der Waals surface area contributed by atoms with Crippen LogP contribution in [-0.2, 0) is 22.1 Å². The van der Waals surface area contributed by atoms with Crippen LogP contribution >= 0.6 is 0 Å². The third-order valence-corrected chi connectivity index (χ3v) is 4.81. The molecule has 6 heteroatoms. The summed E-state index contributed by atoms with van der Waals surface area (Å²) in [6.45, 7) is 0.295. The highest BCUT2D eigenvalue weighted by Crippen LogP contribution is 2.24. The lowest BCUT2D eigenvalue weighted by Crippen LogP contribution is -2.08. The van der Waals surface area contributed by atoms with Gasteiger partial charge in [0.05, 0.1) is 12.9 Å². The second kappa shape index (κ2) is 6.24. The number of halogens is 1. The molecule has 2 aromatic rings. The predicted octanol–water partition coefficient (Wildman–Crippen LogP) is 2.27. The molecule has 4 nitrogen and oxygen atoms in total. The molecular formula is C15H16FNO3S. The summed E-state index contributed by atoms with van der Waals surface area (Å²) in [5, 5.41) is 0. The number of hydrogen-bond donors (Lipinski definition) is 1. The summed E-state index contributed by atoms with van der Waals surface area (Å²) in [5.41, 5.74) is 6.87. The monoisotopic (exact) mass is 309 g/mol. The molecule has 0 radical (unpaired) electrons. The van der Waals surface area contributed by atoms with Gasteiger partial charge in [0.15, 0.2) is 9.84 Å². The van der Waals surface area contributed by atoms with Gasteiger partial charge in [-0.15, -0.1) is 0 Å². The van der Waals surface area contributed by atoms with E-state index in [1.165, 1.54) is 25.3 Å². The standard InChI is InChI=1S/C15H16FNO3S/c1-20-14-8-11(6-7-12(14)9-17)10-21(18,19)15-5-3-2-4-13(15)16/h2-8H,9-10,17H2,1H3. The van der Waals surface area contributed by atoms with E-state index in [0.29, 0.717) is 17.9 Å². The van der Waals surface area contributed by atoms with Crippen molar-refractivity contribution < 1.29 is 17.5 Å². The molecule has 2 N–H and O–H groups in total. The normalized spacial score (nSPS) is 11.4. The molecule has 0 amide bonds. The molecule has 0 spiro atoms. The van der Waals surface area contributed by atoms with Crippen LogP contribution in [0.25, 0.3) is 0 Å². The lowest BCUT2D eigenvalue weighted by Gasteiger charge is -2.10. The molecule has 0 aromatic heterocycles. The Kier molecular flexibility index (Phi) is 4.59. The fourth-order valence-electron chi connectivity index (χ4n) is 2.04. The quantitative estimate of drug-likeness (QED) is 0.920. The van der Waals surface area contributed by atoms with Gasteiger partial charge in [0.25, 0.3) is 0 Å². The SMILES string of the molecule is COc1cc(CS(=O)(=O)c2ccccc2F)ccc1CN. The second-order valence-corrected chi connectivity index (χ2v) is 6.50. The van der Waals surface area contributed by atoms with E-state index >= 15 is 0 Å². The summed E-state index contributed by atoms with van der Waals surface area (Å²) in [7, 11) is -2.26. The third kappa shape index (κ3) is 3.40. The zero-order valence-corrected chi connectivity index (χ0v) is 12.4. The summed E-state index contributed by atoms with van der Waals surface area (Å²) in [4.78, 5) is -0.299. The summed E-state index contributed by atoms with van der Waals surface area (Å²) in [6, 6.07) is 10.3. The molecule has 0 saturated heterocycles. The average Bonchev–Trinajstić information content (AvgIpc) is 2.47. The van der Waals surface area contributed by atoms with Crippen LogP contribution in [0.3, 0.4) is 0 Å². The molecule has 2 rings (SSSR count). The van der Waals surface area contributed by atoms with Crippen LogP contribution in [0.5, 0.6) is 5.75 Å². The molecular weight excluding hydrogens is 293 g/mol. The molecule has 2 aromatic carbocycles.